The highest BCUT2D eigenvalue weighted by atomic mass is 35.5. The van der Waals surface area contributed by atoms with Gasteiger partial charge in [0.25, 0.3) is 0 Å². The molecule has 0 aliphatic heterocycles. The van der Waals surface area contributed by atoms with E-state index >= 15 is 0 Å². The van der Waals surface area contributed by atoms with Gasteiger partial charge in [-0.1, -0.05) is 48.5 Å². The number of hydrogen-bond acceptors (Lipinski definition) is 3. The van der Waals surface area contributed by atoms with Crippen molar-refractivity contribution in [3.8, 4) is 0 Å². The quantitative estimate of drug-likeness (QED) is 0.913. The molecule has 6 heteroatoms. The summed E-state index contributed by atoms with van der Waals surface area (Å²) >= 11 is 11.7. The predicted molar refractivity (Wildman–Crippen MR) is 82.0 cm³/mol. The second-order valence-corrected chi connectivity index (χ2v) is 8.44. The summed E-state index contributed by atoms with van der Waals surface area (Å²) in [5, 5.41) is 11.1. The fourth-order valence-corrected chi connectivity index (χ4v) is 4.92. The third-order valence-corrected chi connectivity index (χ3v) is 6.13. The van der Waals surface area contributed by atoms with Gasteiger partial charge in [0.05, 0.1) is 27.2 Å². The molecule has 1 N–H and O–H groups in total. The fourth-order valence-electron chi connectivity index (χ4n) is 2.70. The lowest BCUT2D eigenvalue weighted by Gasteiger charge is -2.31. The lowest BCUT2D eigenvalue weighted by molar-refractivity contribution is 0.0257. The summed E-state index contributed by atoms with van der Waals surface area (Å²) in [4.78, 5) is 0. The number of benzene rings is 1. The second kappa shape index (κ2) is 6.22. The smallest absolute Gasteiger partial charge is 0.157 e. The minimum absolute atomic E-state index is 0.119. The van der Waals surface area contributed by atoms with Crippen molar-refractivity contribution in [1.29, 1.82) is 0 Å². The van der Waals surface area contributed by atoms with Gasteiger partial charge in [-0.25, -0.2) is 8.42 Å². The first-order valence-electron chi connectivity index (χ1n) is 6.66. The Balaban J connectivity index is 2.08. The Morgan fingerprint density at radius 2 is 1.75 bits per heavy atom. The van der Waals surface area contributed by atoms with E-state index in [1.807, 2.05) is 0 Å². The van der Waals surface area contributed by atoms with Gasteiger partial charge in [-0.2, -0.15) is 0 Å². The highest BCUT2D eigenvalue weighted by Gasteiger charge is 2.34. The van der Waals surface area contributed by atoms with E-state index in [9.17, 15) is 13.5 Å². The van der Waals surface area contributed by atoms with Crippen LogP contribution in [0.4, 0.5) is 0 Å². The van der Waals surface area contributed by atoms with Crippen LogP contribution in [0.25, 0.3) is 0 Å². The van der Waals surface area contributed by atoms with Crippen LogP contribution >= 0.6 is 23.2 Å². The zero-order valence-corrected chi connectivity index (χ0v) is 13.4. The minimum atomic E-state index is -3.37. The summed E-state index contributed by atoms with van der Waals surface area (Å²) in [6, 6.07) is 4.80. The van der Waals surface area contributed by atoms with Crippen molar-refractivity contribution in [1.82, 2.24) is 0 Å². The molecule has 1 aromatic rings. The molecule has 1 aromatic carbocycles. The van der Waals surface area contributed by atoms with Crippen LogP contribution < -0.4 is 0 Å². The van der Waals surface area contributed by atoms with E-state index in [0.29, 0.717) is 28.5 Å². The monoisotopic (exact) mass is 336 g/mol. The Hall–Kier alpha value is -0.290. The van der Waals surface area contributed by atoms with Crippen LogP contribution in [0.15, 0.2) is 18.2 Å². The number of sulfone groups is 1. The van der Waals surface area contributed by atoms with E-state index in [1.165, 1.54) is 0 Å². The third kappa shape index (κ3) is 4.35. The zero-order chi connectivity index (χ0) is 14.8. The molecule has 3 nitrogen and oxygen atoms in total. The van der Waals surface area contributed by atoms with Gasteiger partial charge in [0.15, 0.2) is 9.84 Å². The summed E-state index contributed by atoms with van der Waals surface area (Å²) in [7, 11) is -3.37. The summed E-state index contributed by atoms with van der Waals surface area (Å²) in [5.41, 5.74) is -0.466. The average molecular weight is 337 g/mol. The van der Waals surface area contributed by atoms with E-state index in [0.717, 1.165) is 19.3 Å². The van der Waals surface area contributed by atoms with Gasteiger partial charge < -0.3 is 5.11 Å². The normalized spacial score (nSPS) is 18.9. The van der Waals surface area contributed by atoms with Crippen molar-refractivity contribution in [2.75, 3.05) is 5.75 Å². The van der Waals surface area contributed by atoms with Gasteiger partial charge >= 0.3 is 0 Å². The molecule has 0 atom stereocenters. The summed E-state index contributed by atoms with van der Waals surface area (Å²) in [5.74, 6) is -0.299. The third-order valence-electron chi connectivity index (χ3n) is 3.64. The summed E-state index contributed by atoms with van der Waals surface area (Å²) < 4.78 is 24.5. The van der Waals surface area contributed by atoms with E-state index in [1.54, 1.807) is 18.2 Å². The first kappa shape index (κ1) is 16.1. The van der Waals surface area contributed by atoms with Crippen LogP contribution in [0.3, 0.4) is 0 Å². The van der Waals surface area contributed by atoms with E-state index < -0.39 is 15.4 Å². The lowest BCUT2D eigenvalue weighted by Crippen LogP contribution is -2.39. The molecule has 0 bridgehead atoms. The van der Waals surface area contributed by atoms with E-state index in [-0.39, 0.29) is 11.5 Å². The van der Waals surface area contributed by atoms with Crippen molar-refractivity contribution < 1.29 is 13.5 Å². The zero-order valence-electron chi connectivity index (χ0n) is 11.1. The molecular weight excluding hydrogens is 319 g/mol. The van der Waals surface area contributed by atoms with Gasteiger partial charge in [-0.05, 0) is 30.5 Å². The average Bonchev–Trinajstić information content (AvgIpc) is 2.33. The molecule has 0 saturated heterocycles. The van der Waals surface area contributed by atoms with E-state index in [4.69, 9.17) is 23.2 Å². The maximum Gasteiger partial charge on any atom is 0.157 e. The van der Waals surface area contributed by atoms with E-state index in [2.05, 4.69) is 0 Å². The molecule has 1 aliphatic rings. The predicted octanol–water partition coefficient (Wildman–Crippen LogP) is 3.60. The van der Waals surface area contributed by atoms with Gasteiger partial charge in [0.2, 0.25) is 0 Å². The van der Waals surface area contributed by atoms with Crippen LogP contribution in [0.1, 0.15) is 37.7 Å². The topological polar surface area (TPSA) is 54.4 Å². The molecule has 0 amide bonds. The lowest BCUT2D eigenvalue weighted by atomic mass is 9.86. The van der Waals surface area contributed by atoms with Crippen molar-refractivity contribution in [2.45, 2.75) is 43.5 Å². The van der Waals surface area contributed by atoms with Crippen molar-refractivity contribution in [3.05, 3.63) is 33.8 Å². The molecule has 0 radical (unpaired) electrons. The molecule has 112 valence electrons. The molecular formula is C14H18Cl2O3S. The van der Waals surface area contributed by atoms with Gasteiger partial charge in [-0.3, -0.25) is 0 Å². The first-order chi connectivity index (χ1) is 9.30. The molecule has 1 aliphatic carbocycles. The van der Waals surface area contributed by atoms with Gasteiger partial charge in [0.1, 0.15) is 0 Å². The SMILES string of the molecule is O=S(=O)(Cc1ccc(Cl)c(Cl)c1)CC1(O)CCCCC1. The summed E-state index contributed by atoms with van der Waals surface area (Å²) in [6.07, 6.45) is 3.97. The molecule has 20 heavy (non-hydrogen) atoms. The maximum atomic E-state index is 12.2. The highest BCUT2D eigenvalue weighted by molar-refractivity contribution is 7.90. The van der Waals surface area contributed by atoms with Crippen molar-refractivity contribution >= 4 is 33.0 Å². The van der Waals surface area contributed by atoms with Crippen LogP contribution in [0, 0.1) is 0 Å². The molecule has 0 aromatic heterocycles. The van der Waals surface area contributed by atoms with Crippen LogP contribution in [0.2, 0.25) is 10.0 Å². The number of halogens is 2. The molecule has 0 heterocycles. The first-order valence-corrected chi connectivity index (χ1v) is 9.24. The highest BCUT2D eigenvalue weighted by Crippen LogP contribution is 2.30. The Morgan fingerprint density at radius 3 is 2.35 bits per heavy atom. The molecule has 1 fully saturated rings. The van der Waals surface area contributed by atoms with Crippen LogP contribution in [-0.2, 0) is 15.6 Å². The minimum Gasteiger partial charge on any atom is -0.389 e. The standard InChI is InChI=1S/C14H18Cl2O3S/c15-12-5-4-11(8-13(12)16)9-20(18,19)10-14(17)6-2-1-3-7-14/h4-5,8,17H,1-3,6-7,9-10H2. The maximum absolute atomic E-state index is 12.2. The molecule has 0 spiro atoms. The van der Waals surface area contributed by atoms with Gasteiger partial charge in [0, 0.05) is 0 Å². The molecule has 2 rings (SSSR count). The Labute approximate surface area is 129 Å². The Kier molecular flexibility index (Phi) is 5.00. The number of hydrogen-bond donors (Lipinski definition) is 1. The van der Waals surface area contributed by atoms with Crippen molar-refractivity contribution in [3.63, 3.8) is 0 Å². The van der Waals surface area contributed by atoms with Crippen LogP contribution in [-0.4, -0.2) is 24.9 Å². The van der Waals surface area contributed by atoms with Gasteiger partial charge in [-0.15, -0.1) is 0 Å². The molecule has 0 unspecified atom stereocenters. The largest absolute Gasteiger partial charge is 0.389 e. The summed E-state index contributed by atoms with van der Waals surface area (Å²) in [6.45, 7) is 0. The number of rotatable bonds is 4. The van der Waals surface area contributed by atoms with Crippen molar-refractivity contribution in [2.24, 2.45) is 0 Å². The second-order valence-electron chi connectivity index (χ2n) is 5.57. The Morgan fingerprint density at radius 1 is 1.10 bits per heavy atom. The van der Waals surface area contributed by atoms with Crippen LogP contribution in [0.5, 0.6) is 0 Å². The molecule has 1 saturated carbocycles. The fraction of sp³-hybridized carbons (Fsp3) is 0.571. The number of aliphatic hydroxyl groups is 1. The Bertz CT molecular complexity index is 578.